The van der Waals surface area contributed by atoms with Crippen molar-refractivity contribution in [1.29, 1.82) is 0 Å². The topological polar surface area (TPSA) is 96.3 Å². The lowest BCUT2D eigenvalue weighted by Crippen LogP contribution is -2.33. The van der Waals surface area contributed by atoms with Crippen LogP contribution in [0.4, 0.5) is 10.5 Å². The van der Waals surface area contributed by atoms with Crippen molar-refractivity contribution in [3.8, 4) is 0 Å². The zero-order valence-corrected chi connectivity index (χ0v) is 14.8. The fraction of sp³-hybridized carbons (Fsp3) is 0.312. The number of carboxylic acid groups (broad SMARTS) is 1. The molecule has 0 aliphatic rings. The van der Waals surface area contributed by atoms with Crippen molar-refractivity contribution < 1.29 is 14.7 Å². The SMILES string of the molecule is CCC(NC(=O)Nc1ccc(Br)cc1)c1nccn1CCC(=O)O. The van der Waals surface area contributed by atoms with E-state index >= 15 is 0 Å². The van der Waals surface area contributed by atoms with Crippen molar-refractivity contribution in [2.45, 2.75) is 32.4 Å². The minimum Gasteiger partial charge on any atom is -0.481 e. The second kappa shape index (κ2) is 8.49. The monoisotopic (exact) mass is 394 g/mol. The Morgan fingerprint density at radius 3 is 2.67 bits per heavy atom. The average Bonchev–Trinajstić information content (AvgIpc) is 3.01. The van der Waals surface area contributed by atoms with E-state index in [2.05, 4.69) is 31.5 Å². The number of nitrogens with zero attached hydrogens (tertiary/aromatic N) is 2. The molecule has 8 heteroatoms. The summed E-state index contributed by atoms with van der Waals surface area (Å²) in [5, 5.41) is 14.4. The molecular formula is C16H19BrN4O3. The quantitative estimate of drug-likeness (QED) is 0.670. The van der Waals surface area contributed by atoms with Crippen molar-refractivity contribution in [3.05, 3.63) is 47.0 Å². The molecule has 1 aromatic carbocycles. The van der Waals surface area contributed by atoms with Crippen LogP contribution in [0.5, 0.6) is 0 Å². The first kappa shape index (κ1) is 18.0. The Labute approximate surface area is 148 Å². The summed E-state index contributed by atoms with van der Waals surface area (Å²) in [7, 11) is 0. The van der Waals surface area contributed by atoms with Gasteiger partial charge >= 0.3 is 12.0 Å². The van der Waals surface area contributed by atoms with Crippen LogP contribution in [0, 0.1) is 0 Å². The number of carbonyl (C=O) groups is 2. The number of halogens is 1. The summed E-state index contributed by atoms with van der Waals surface area (Å²) in [6.45, 7) is 2.25. The van der Waals surface area contributed by atoms with Crippen molar-refractivity contribution in [1.82, 2.24) is 14.9 Å². The molecule has 0 aliphatic heterocycles. The number of benzene rings is 1. The minimum atomic E-state index is -0.872. The number of amides is 2. The zero-order valence-electron chi connectivity index (χ0n) is 13.2. The Morgan fingerprint density at radius 1 is 1.33 bits per heavy atom. The molecule has 2 rings (SSSR count). The van der Waals surface area contributed by atoms with Crippen LogP contribution in [0.2, 0.25) is 0 Å². The van der Waals surface area contributed by atoms with Crippen LogP contribution in [-0.4, -0.2) is 26.7 Å². The molecule has 2 aromatic rings. The van der Waals surface area contributed by atoms with Gasteiger partial charge in [0.2, 0.25) is 0 Å². The van der Waals surface area contributed by atoms with E-state index in [4.69, 9.17) is 5.11 Å². The maximum absolute atomic E-state index is 12.2. The third-order valence-electron chi connectivity index (χ3n) is 3.44. The molecule has 0 radical (unpaired) electrons. The molecule has 24 heavy (non-hydrogen) atoms. The van der Waals surface area contributed by atoms with E-state index < -0.39 is 5.97 Å². The molecule has 1 atom stereocenters. The molecule has 1 heterocycles. The molecule has 1 aromatic heterocycles. The van der Waals surface area contributed by atoms with E-state index in [1.807, 2.05) is 19.1 Å². The summed E-state index contributed by atoms with van der Waals surface area (Å²) in [6, 6.07) is 6.62. The summed E-state index contributed by atoms with van der Waals surface area (Å²) in [4.78, 5) is 27.2. The number of hydrogen-bond acceptors (Lipinski definition) is 3. The predicted octanol–water partition coefficient (Wildman–Crippen LogP) is 3.39. The van der Waals surface area contributed by atoms with Gasteiger partial charge in [0.05, 0.1) is 12.5 Å². The number of urea groups is 1. The molecule has 7 nitrogen and oxygen atoms in total. The minimum absolute atomic E-state index is 0.00485. The normalized spacial score (nSPS) is 11.8. The van der Waals surface area contributed by atoms with Crippen molar-refractivity contribution in [2.24, 2.45) is 0 Å². The number of aromatic nitrogens is 2. The van der Waals surface area contributed by atoms with Crippen molar-refractivity contribution in [3.63, 3.8) is 0 Å². The summed E-state index contributed by atoms with van der Waals surface area (Å²) in [6.07, 6.45) is 3.96. The summed E-state index contributed by atoms with van der Waals surface area (Å²) in [5.41, 5.74) is 0.680. The molecule has 0 spiro atoms. The van der Waals surface area contributed by atoms with Crippen molar-refractivity contribution in [2.75, 3.05) is 5.32 Å². The lowest BCUT2D eigenvalue weighted by atomic mass is 10.2. The van der Waals surface area contributed by atoms with Crippen LogP contribution in [0.3, 0.4) is 0 Å². The van der Waals surface area contributed by atoms with E-state index in [0.29, 0.717) is 24.5 Å². The Balaban J connectivity index is 2.01. The van der Waals surface area contributed by atoms with Crippen LogP contribution in [0.15, 0.2) is 41.1 Å². The van der Waals surface area contributed by atoms with Crippen LogP contribution in [-0.2, 0) is 11.3 Å². The standard InChI is InChI=1S/C16H19BrN4O3/c1-2-13(15-18-8-10-21(15)9-7-14(22)23)20-16(24)19-12-5-3-11(17)4-6-12/h3-6,8,10,13H,2,7,9H2,1H3,(H,22,23)(H2,19,20,24). The summed E-state index contributed by atoms with van der Waals surface area (Å²) < 4.78 is 2.68. The van der Waals surface area contributed by atoms with Gasteiger partial charge in [0.25, 0.3) is 0 Å². The molecule has 3 N–H and O–H groups in total. The molecule has 1 unspecified atom stereocenters. The van der Waals surface area contributed by atoms with Gasteiger partial charge in [0.15, 0.2) is 0 Å². The van der Waals surface area contributed by atoms with Gasteiger partial charge in [-0.05, 0) is 30.7 Å². The fourth-order valence-electron chi connectivity index (χ4n) is 2.24. The highest BCUT2D eigenvalue weighted by Gasteiger charge is 2.18. The smallest absolute Gasteiger partial charge is 0.319 e. The van der Waals surface area contributed by atoms with Crippen LogP contribution in [0.25, 0.3) is 0 Å². The highest BCUT2D eigenvalue weighted by Crippen LogP contribution is 2.17. The first-order valence-corrected chi connectivity index (χ1v) is 8.34. The number of hydrogen-bond donors (Lipinski definition) is 3. The Hall–Kier alpha value is -2.35. The van der Waals surface area contributed by atoms with Gasteiger partial charge in [-0.25, -0.2) is 9.78 Å². The van der Waals surface area contributed by atoms with Crippen LogP contribution >= 0.6 is 15.9 Å². The van der Waals surface area contributed by atoms with E-state index in [1.54, 1.807) is 29.1 Å². The number of rotatable bonds is 7. The maximum Gasteiger partial charge on any atom is 0.319 e. The lowest BCUT2D eigenvalue weighted by Gasteiger charge is -2.18. The largest absolute Gasteiger partial charge is 0.481 e. The number of aryl methyl sites for hydroxylation is 1. The van der Waals surface area contributed by atoms with Gasteiger partial charge in [-0.15, -0.1) is 0 Å². The fourth-order valence-corrected chi connectivity index (χ4v) is 2.51. The molecule has 0 fully saturated rings. The number of anilines is 1. The molecular weight excluding hydrogens is 376 g/mol. The molecule has 0 bridgehead atoms. The Kier molecular flexibility index (Phi) is 6.36. The maximum atomic E-state index is 12.2. The number of carboxylic acids is 1. The first-order valence-electron chi connectivity index (χ1n) is 7.55. The van der Waals surface area contributed by atoms with E-state index in [1.165, 1.54) is 0 Å². The van der Waals surface area contributed by atoms with Gasteiger partial charge in [-0.3, -0.25) is 4.79 Å². The van der Waals surface area contributed by atoms with Gasteiger partial charge in [-0.1, -0.05) is 22.9 Å². The number of nitrogens with one attached hydrogen (secondary N) is 2. The lowest BCUT2D eigenvalue weighted by molar-refractivity contribution is -0.137. The van der Waals surface area contributed by atoms with Crippen molar-refractivity contribution >= 4 is 33.6 Å². The second-order valence-electron chi connectivity index (χ2n) is 5.19. The highest BCUT2D eigenvalue weighted by atomic mass is 79.9. The molecule has 0 saturated heterocycles. The average molecular weight is 395 g/mol. The highest BCUT2D eigenvalue weighted by molar-refractivity contribution is 9.10. The van der Waals surface area contributed by atoms with E-state index in [0.717, 1.165) is 4.47 Å². The number of carbonyl (C=O) groups excluding carboxylic acids is 1. The third kappa shape index (κ3) is 5.09. The summed E-state index contributed by atoms with van der Waals surface area (Å²) >= 11 is 3.34. The molecule has 0 saturated carbocycles. The number of aliphatic carboxylic acids is 1. The number of imidazole rings is 1. The zero-order chi connectivity index (χ0) is 17.5. The van der Waals surface area contributed by atoms with E-state index in [-0.39, 0.29) is 18.5 Å². The van der Waals surface area contributed by atoms with E-state index in [9.17, 15) is 9.59 Å². The van der Waals surface area contributed by atoms with Gasteiger partial charge in [0.1, 0.15) is 5.82 Å². The van der Waals surface area contributed by atoms with Crippen LogP contribution < -0.4 is 10.6 Å². The second-order valence-corrected chi connectivity index (χ2v) is 6.10. The van der Waals surface area contributed by atoms with Gasteiger partial charge in [-0.2, -0.15) is 0 Å². The van der Waals surface area contributed by atoms with Gasteiger partial charge in [0, 0.05) is 29.1 Å². The Morgan fingerprint density at radius 2 is 2.04 bits per heavy atom. The van der Waals surface area contributed by atoms with Gasteiger partial charge < -0.3 is 20.3 Å². The Bertz CT molecular complexity index is 700. The summed E-state index contributed by atoms with van der Waals surface area (Å²) in [5.74, 6) is -0.228. The molecule has 2 amide bonds. The van der Waals surface area contributed by atoms with Crippen LogP contribution in [0.1, 0.15) is 31.6 Å². The first-order chi connectivity index (χ1) is 11.5. The third-order valence-corrected chi connectivity index (χ3v) is 3.97. The molecule has 128 valence electrons. The predicted molar refractivity (Wildman–Crippen MR) is 93.8 cm³/mol. The molecule has 0 aliphatic carbocycles.